The molecule has 1 rings (SSSR count). The van der Waals surface area contributed by atoms with Crippen LogP contribution in [-0.2, 0) is 0 Å². The largest absolute Gasteiger partial charge is 0.434 e. The Labute approximate surface area is 101 Å². The monoisotopic (exact) mass is 301 g/mol. The molecule has 0 aliphatic rings. The van der Waals surface area contributed by atoms with Gasteiger partial charge in [-0.3, -0.25) is 0 Å². The van der Waals surface area contributed by atoms with Crippen molar-refractivity contribution in [1.29, 1.82) is 0 Å². The zero-order chi connectivity index (χ0) is 10.7. The van der Waals surface area contributed by atoms with Gasteiger partial charge in [0.25, 0.3) is 0 Å². The Hall–Kier alpha value is -0.390. The SMILES string of the molecule is CC(N)c1ccc(OC(F)F)c(Br)c1.Cl. The molecule has 15 heavy (non-hydrogen) atoms. The Morgan fingerprint density at radius 1 is 1.40 bits per heavy atom. The van der Waals surface area contributed by atoms with Crippen LogP contribution in [-0.4, -0.2) is 6.61 Å². The van der Waals surface area contributed by atoms with Gasteiger partial charge in [-0.25, -0.2) is 0 Å². The fraction of sp³-hybridized carbons (Fsp3) is 0.333. The molecule has 0 bridgehead atoms. The summed E-state index contributed by atoms with van der Waals surface area (Å²) in [5, 5.41) is 0. The Bertz CT molecular complexity index is 323. The Balaban J connectivity index is 0.00000196. The fourth-order valence-corrected chi connectivity index (χ4v) is 1.48. The summed E-state index contributed by atoms with van der Waals surface area (Å²) in [6.45, 7) is -0.998. The van der Waals surface area contributed by atoms with Gasteiger partial charge < -0.3 is 10.5 Å². The maximum atomic E-state index is 11.9. The number of rotatable bonds is 3. The van der Waals surface area contributed by atoms with E-state index in [1.807, 2.05) is 6.92 Å². The molecule has 0 aliphatic heterocycles. The molecule has 0 amide bonds. The number of benzene rings is 1. The molecule has 1 aromatic carbocycles. The van der Waals surface area contributed by atoms with E-state index in [9.17, 15) is 8.78 Å². The summed E-state index contributed by atoms with van der Waals surface area (Å²) in [6.07, 6.45) is 0. The minimum Gasteiger partial charge on any atom is -0.434 e. The van der Waals surface area contributed by atoms with Crippen molar-refractivity contribution in [3.63, 3.8) is 0 Å². The van der Waals surface area contributed by atoms with Crippen LogP contribution in [0.3, 0.4) is 0 Å². The summed E-state index contributed by atoms with van der Waals surface area (Å²) in [5.74, 6) is 0.115. The standard InChI is InChI=1S/C9H10BrF2NO.ClH/c1-5(13)6-2-3-8(7(10)4-6)14-9(11)12;/h2-5,9H,13H2,1H3;1H. The van der Waals surface area contributed by atoms with Crippen LogP contribution in [0.5, 0.6) is 5.75 Å². The molecule has 1 aromatic rings. The molecule has 2 N–H and O–H groups in total. The van der Waals surface area contributed by atoms with E-state index >= 15 is 0 Å². The Kier molecular flexibility index (Phi) is 6.09. The summed E-state index contributed by atoms with van der Waals surface area (Å²) in [5.41, 5.74) is 6.48. The molecule has 0 fully saturated rings. The van der Waals surface area contributed by atoms with Gasteiger partial charge in [0.2, 0.25) is 0 Å². The highest BCUT2D eigenvalue weighted by atomic mass is 79.9. The van der Waals surface area contributed by atoms with Crippen molar-refractivity contribution in [3.05, 3.63) is 28.2 Å². The van der Waals surface area contributed by atoms with Crippen molar-refractivity contribution in [2.24, 2.45) is 5.73 Å². The van der Waals surface area contributed by atoms with Crippen LogP contribution in [0.25, 0.3) is 0 Å². The van der Waals surface area contributed by atoms with Crippen molar-refractivity contribution in [2.45, 2.75) is 19.6 Å². The van der Waals surface area contributed by atoms with E-state index in [0.717, 1.165) is 5.56 Å². The second-order valence-electron chi connectivity index (χ2n) is 2.86. The first-order chi connectivity index (χ1) is 6.50. The molecule has 1 atom stereocenters. The van der Waals surface area contributed by atoms with Crippen molar-refractivity contribution < 1.29 is 13.5 Å². The third-order valence-electron chi connectivity index (χ3n) is 1.70. The number of ether oxygens (including phenoxy) is 1. The lowest BCUT2D eigenvalue weighted by Gasteiger charge is -2.10. The van der Waals surface area contributed by atoms with Gasteiger partial charge in [-0.05, 0) is 40.5 Å². The maximum absolute atomic E-state index is 11.9. The summed E-state index contributed by atoms with van der Waals surface area (Å²) < 4.78 is 28.5. The van der Waals surface area contributed by atoms with Crippen LogP contribution in [0, 0.1) is 0 Å². The molecule has 86 valence electrons. The lowest BCUT2D eigenvalue weighted by Crippen LogP contribution is -2.06. The molecule has 0 heterocycles. The molecule has 0 saturated carbocycles. The van der Waals surface area contributed by atoms with Gasteiger partial charge in [0, 0.05) is 6.04 Å². The summed E-state index contributed by atoms with van der Waals surface area (Å²) >= 11 is 3.13. The predicted molar refractivity (Wildman–Crippen MR) is 60.6 cm³/mol. The number of hydrogen-bond acceptors (Lipinski definition) is 2. The number of halogens is 4. The quantitative estimate of drug-likeness (QED) is 0.927. The molecule has 1 unspecified atom stereocenters. The van der Waals surface area contributed by atoms with Crippen LogP contribution >= 0.6 is 28.3 Å². The van der Waals surface area contributed by atoms with Crippen molar-refractivity contribution in [1.82, 2.24) is 0 Å². The minimum absolute atomic E-state index is 0. The van der Waals surface area contributed by atoms with E-state index in [1.54, 1.807) is 12.1 Å². The fourth-order valence-electron chi connectivity index (χ4n) is 0.992. The highest BCUT2D eigenvalue weighted by molar-refractivity contribution is 9.10. The van der Waals surface area contributed by atoms with Gasteiger partial charge in [-0.1, -0.05) is 6.07 Å². The second kappa shape index (κ2) is 6.25. The molecular formula is C9H11BrClF2NO. The number of alkyl halides is 2. The molecule has 0 spiro atoms. The lowest BCUT2D eigenvalue weighted by atomic mass is 10.1. The Morgan fingerprint density at radius 3 is 2.40 bits per heavy atom. The van der Waals surface area contributed by atoms with Gasteiger partial charge in [-0.2, -0.15) is 8.78 Å². The van der Waals surface area contributed by atoms with E-state index in [-0.39, 0.29) is 24.2 Å². The van der Waals surface area contributed by atoms with Crippen LogP contribution in [0.4, 0.5) is 8.78 Å². The highest BCUT2D eigenvalue weighted by Crippen LogP contribution is 2.28. The van der Waals surface area contributed by atoms with Crippen molar-refractivity contribution in [2.75, 3.05) is 0 Å². The van der Waals surface area contributed by atoms with Gasteiger partial charge in [-0.15, -0.1) is 12.4 Å². The van der Waals surface area contributed by atoms with Crippen LogP contribution in [0.2, 0.25) is 0 Å². The minimum atomic E-state index is -2.81. The molecule has 0 radical (unpaired) electrons. The average molecular weight is 303 g/mol. The van der Waals surface area contributed by atoms with E-state index < -0.39 is 6.61 Å². The van der Waals surface area contributed by atoms with E-state index in [0.29, 0.717) is 4.47 Å². The molecule has 2 nitrogen and oxygen atoms in total. The summed E-state index contributed by atoms with van der Waals surface area (Å²) in [6, 6.07) is 4.66. The van der Waals surface area contributed by atoms with Crippen LogP contribution in [0.1, 0.15) is 18.5 Å². The topological polar surface area (TPSA) is 35.2 Å². The molecule has 0 aliphatic carbocycles. The van der Waals surface area contributed by atoms with E-state index in [4.69, 9.17) is 5.73 Å². The maximum Gasteiger partial charge on any atom is 0.387 e. The first kappa shape index (κ1) is 14.6. The van der Waals surface area contributed by atoms with E-state index in [2.05, 4.69) is 20.7 Å². The summed E-state index contributed by atoms with van der Waals surface area (Å²) in [7, 11) is 0. The van der Waals surface area contributed by atoms with Crippen molar-refractivity contribution in [3.8, 4) is 5.75 Å². The van der Waals surface area contributed by atoms with Crippen LogP contribution < -0.4 is 10.5 Å². The number of hydrogen-bond donors (Lipinski definition) is 1. The van der Waals surface area contributed by atoms with Crippen molar-refractivity contribution >= 4 is 28.3 Å². The average Bonchev–Trinajstić information content (AvgIpc) is 2.07. The van der Waals surface area contributed by atoms with Gasteiger partial charge in [0.05, 0.1) is 4.47 Å². The highest BCUT2D eigenvalue weighted by Gasteiger charge is 2.09. The molecular weight excluding hydrogens is 291 g/mol. The third-order valence-corrected chi connectivity index (χ3v) is 2.32. The first-order valence-electron chi connectivity index (χ1n) is 4.00. The summed E-state index contributed by atoms with van der Waals surface area (Å²) in [4.78, 5) is 0. The third kappa shape index (κ3) is 4.32. The van der Waals surface area contributed by atoms with Gasteiger partial charge in [0.15, 0.2) is 0 Å². The molecule has 0 saturated heterocycles. The van der Waals surface area contributed by atoms with Gasteiger partial charge in [0.1, 0.15) is 5.75 Å². The lowest BCUT2D eigenvalue weighted by molar-refractivity contribution is -0.0503. The predicted octanol–water partition coefficient (Wildman–Crippen LogP) is 3.49. The smallest absolute Gasteiger partial charge is 0.387 e. The number of nitrogens with two attached hydrogens (primary N) is 1. The normalized spacial score (nSPS) is 12.1. The van der Waals surface area contributed by atoms with Gasteiger partial charge >= 0.3 is 6.61 Å². The first-order valence-corrected chi connectivity index (χ1v) is 4.80. The van der Waals surface area contributed by atoms with Crippen LogP contribution in [0.15, 0.2) is 22.7 Å². The molecule has 0 aromatic heterocycles. The second-order valence-corrected chi connectivity index (χ2v) is 3.71. The molecule has 6 heteroatoms. The zero-order valence-corrected chi connectivity index (χ0v) is 10.3. The Morgan fingerprint density at radius 2 is 2.00 bits per heavy atom. The zero-order valence-electron chi connectivity index (χ0n) is 7.91. The van der Waals surface area contributed by atoms with E-state index in [1.165, 1.54) is 6.07 Å².